The number of carboxylic acid groups (broad SMARTS) is 1. The Bertz CT molecular complexity index is 280. The van der Waals surface area contributed by atoms with E-state index in [1.54, 1.807) is 0 Å². The molecule has 3 heteroatoms. The highest BCUT2D eigenvalue weighted by Crippen LogP contribution is 2.34. The molecule has 84 valence electrons. The van der Waals surface area contributed by atoms with E-state index < -0.39 is 11.4 Å². The van der Waals surface area contributed by atoms with E-state index in [2.05, 4.69) is 16.7 Å². The Morgan fingerprint density at radius 1 is 1.47 bits per heavy atom. The monoisotopic (exact) mass is 209 g/mol. The smallest absolute Gasteiger partial charge is 0.309 e. The molecule has 0 saturated carbocycles. The second-order valence-electron chi connectivity index (χ2n) is 4.14. The Morgan fingerprint density at radius 2 is 2.07 bits per heavy atom. The summed E-state index contributed by atoms with van der Waals surface area (Å²) in [4.78, 5) is 13.4. The quantitative estimate of drug-likeness (QED) is 0.717. The number of nitrogens with zero attached hydrogens (tertiary/aromatic N) is 1. The van der Waals surface area contributed by atoms with Gasteiger partial charge >= 0.3 is 5.97 Å². The van der Waals surface area contributed by atoms with Crippen LogP contribution in [0.1, 0.15) is 33.1 Å². The first-order valence-corrected chi connectivity index (χ1v) is 5.50. The predicted molar refractivity (Wildman–Crippen MR) is 59.5 cm³/mol. The van der Waals surface area contributed by atoms with Crippen molar-refractivity contribution in [3.8, 4) is 11.8 Å². The van der Waals surface area contributed by atoms with Crippen molar-refractivity contribution in [1.29, 1.82) is 0 Å². The topological polar surface area (TPSA) is 40.5 Å². The van der Waals surface area contributed by atoms with Gasteiger partial charge in [-0.05, 0) is 26.2 Å². The summed E-state index contributed by atoms with van der Waals surface area (Å²) in [6, 6.07) is 0. The Hall–Kier alpha value is -1.01. The number of hydrogen-bond acceptors (Lipinski definition) is 2. The molecule has 0 spiro atoms. The van der Waals surface area contributed by atoms with Crippen LogP contribution in [-0.4, -0.2) is 35.6 Å². The molecule has 1 aliphatic rings. The van der Waals surface area contributed by atoms with E-state index in [-0.39, 0.29) is 0 Å². The molecule has 0 aliphatic carbocycles. The minimum atomic E-state index is -0.633. The Balaban J connectivity index is 2.52. The van der Waals surface area contributed by atoms with Crippen molar-refractivity contribution in [1.82, 2.24) is 4.90 Å². The predicted octanol–water partition coefficient (Wildman–Crippen LogP) is 1.59. The minimum Gasteiger partial charge on any atom is -0.481 e. The molecule has 1 rings (SSSR count). The average Bonchev–Trinajstić information content (AvgIpc) is 2.27. The van der Waals surface area contributed by atoms with Gasteiger partial charge in [0, 0.05) is 13.1 Å². The first-order valence-electron chi connectivity index (χ1n) is 5.50. The van der Waals surface area contributed by atoms with Crippen LogP contribution in [0.25, 0.3) is 0 Å². The lowest BCUT2D eigenvalue weighted by Crippen LogP contribution is -2.44. The number of carbonyl (C=O) groups is 1. The van der Waals surface area contributed by atoms with E-state index in [1.165, 1.54) is 0 Å². The van der Waals surface area contributed by atoms with Crippen LogP contribution in [0.3, 0.4) is 0 Å². The average molecular weight is 209 g/mol. The fraction of sp³-hybridized carbons (Fsp3) is 0.750. The van der Waals surface area contributed by atoms with Gasteiger partial charge in [0.25, 0.3) is 0 Å². The number of likely N-dealkylation sites (tertiary alicyclic amines) is 1. The zero-order valence-electron chi connectivity index (χ0n) is 9.55. The molecule has 0 aromatic heterocycles. The molecule has 3 nitrogen and oxygen atoms in total. The van der Waals surface area contributed by atoms with E-state index in [1.807, 2.05) is 13.8 Å². The van der Waals surface area contributed by atoms with E-state index >= 15 is 0 Å². The minimum absolute atomic E-state index is 0.476. The molecular formula is C12H19NO2. The van der Waals surface area contributed by atoms with Gasteiger partial charge in [-0.3, -0.25) is 9.69 Å². The standard InChI is InChI=1S/C12H19NO2/c1-3-5-8-13-9-6-12(4-2,7-10-13)11(14)15/h4,6-10H2,1-2H3,(H,14,15). The van der Waals surface area contributed by atoms with E-state index in [0.29, 0.717) is 0 Å². The molecule has 1 N–H and O–H groups in total. The maximum atomic E-state index is 11.2. The summed E-state index contributed by atoms with van der Waals surface area (Å²) < 4.78 is 0. The first-order chi connectivity index (χ1) is 7.14. The third-order valence-corrected chi connectivity index (χ3v) is 3.42. The number of rotatable bonds is 3. The molecule has 0 aromatic rings. The molecular weight excluding hydrogens is 190 g/mol. The molecule has 0 aromatic carbocycles. The molecule has 1 aliphatic heterocycles. The van der Waals surface area contributed by atoms with Crippen LogP contribution in [0, 0.1) is 17.3 Å². The van der Waals surface area contributed by atoms with Gasteiger partial charge in [0.05, 0.1) is 12.0 Å². The maximum Gasteiger partial charge on any atom is 0.309 e. The normalized spacial score (nSPS) is 20.4. The van der Waals surface area contributed by atoms with Crippen LogP contribution in [0.2, 0.25) is 0 Å². The van der Waals surface area contributed by atoms with Gasteiger partial charge in [-0.15, -0.1) is 5.92 Å². The largest absolute Gasteiger partial charge is 0.481 e. The third kappa shape index (κ3) is 2.73. The first kappa shape index (κ1) is 12.1. The fourth-order valence-electron chi connectivity index (χ4n) is 2.05. The second kappa shape index (κ2) is 5.18. The molecule has 0 atom stereocenters. The highest BCUT2D eigenvalue weighted by Gasteiger charge is 2.39. The van der Waals surface area contributed by atoms with Crippen LogP contribution < -0.4 is 0 Å². The van der Waals surface area contributed by atoms with E-state index in [9.17, 15) is 9.90 Å². The lowest BCUT2D eigenvalue weighted by molar-refractivity contribution is -0.152. The zero-order chi connectivity index (χ0) is 11.3. The summed E-state index contributed by atoms with van der Waals surface area (Å²) in [7, 11) is 0. The third-order valence-electron chi connectivity index (χ3n) is 3.42. The zero-order valence-corrected chi connectivity index (χ0v) is 9.55. The molecule has 0 unspecified atom stereocenters. The molecule has 0 radical (unpaired) electrons. The van der Waals surface area contributed by atoms with Gasteiger partial charge in [-0.1, -0.05) is 12.8 Å². The van der Waals surface area contributed by atoms with Crippen LogP contribution in [0.15, 0.2) is 0 Å². The van der Waals surface area contributed by atoms with Crippen LogP contribution in [-0.2, 0) is 4.79 Å². The van der Waals surface area contributed by atoms with Gasteiger partial charge in [0.15, 0.2) is 0 Å². The highest BCUT2D eigenvalue weighted by molar-refractivity contribution is 5.74. The van der Waals surface area contributed by atoms with Crippen molar-refractivity contribution in [3.63, 3.8) is 0 Å². The van der Waals surface area contributed by atoms with E-state index in [4.69, 9.17) is 0 Å². The summed E-state index contributed by atoms with van der Waals surface area (Å²) in [5.74, 6) is 5.25. The lowest BCUT2D eigenvalue weighted by atomic mass is 9.76. The Kier molecular flexibility index (Phi) is 4.16. The molecule has 1 heterocycles. The molecule has 1 saturated heterocycles. The molecule has 0 bridgehead atoms. The van der Waals surface area contributed by atoms with Gasteiger partial charge < -0.3 is 5.11 Å². The van der Waals surface area contributed by atoms with Crippen molar-refractivity contribution in [2.24, 2.45) is 5.41 Å². The SMILES string of the molecule is CC#CCN1CCC(CC)(C(=O)O)CC1. The van der Waals surface area contributed by atoms with Crippen LogP contribution in [0.4, 0.5) is 0 Å². The molecule has 0 amide bonds. The van der Waals surface area contributed by atoms with Crippen molar-refractivity contribution >= 4 is 5.97 Å². The van der Waals surface area contributed by atoms with Crippen molar-refractivity contribution in [2.45, 2.75) is 33.1 Å². The van der Waals surface area contributed by atoms with Crippen molar-refractivity contribution in [2.75, 3.05) is 19.6 Å². The fourth-order valence-corrected chi connectivity index (χ4v) is 2.05. The number of hydrogen-bond donors (Lipinski definition) is 1. The molecule has 15 heavy (non-hydrogen) atoms. The van der Waals surface area contributed by atoms with Crippen molar-refractivity contribution in [3.05, 3.63) is 0 Å². The summed E-state index contributed by atoms with van der Waals surface area (Å²) >= 11 is 0. The van der Waals surface area contributed by atoms with Gasteiger partial charge in [-0.2, -0.15) is 0 Å². The van der Waals surface area contributed by atoms with Crippen LogP contribution >= 0.6 is 0 Å². The number of carboxylic acids is 1. The Morgan fingerprint density at radius 3 is 2.47 bits per heavy atom. The summed E-state index contributed by atoms with van der Waals surface area (Å²) in [5, 5.41) is 9.20. The summed E-state index contributed by atoms with van der Waals surface area (Å²) in [5.41, 5.74) is -0.476. The van der Waals surface area contributed by atoms with Crippen molar-refractivity contribution < 1.29 is 9.90 Å². The number of aliphatic carboxylic acids is 1. The maximum absolute atomic E-state index is 11.2. The molecule has 1 fully saturated rings. The van der Waals surface area contributed by atoms with Crippen LogP contribution in [0.5, 0.6) is 0 Å². The van der Waals surface area contributed by atoms with Gasteiger partial charge in [-0.25, -0.2) is 0 Å². The van der Waals surface area contributed by atoms with Gasteiger partial charge in [0.1, 0.15) is 0 Å². The Labute approximate surface area is 91.5 Å². The summed E-state index contributed by atoms with van der Waals surface area (Å²) in [6.45, 7) is 6.28. The van der Waals surface area contributed by atoms with E-state index in [0.717, 1.165) is 38.9 Å². The highest BCUT2D eigenvalue weighted by atomic mass is 16.4. The van der Waals surface area contributed by atoms with Gasteiger partial charge in [0.2, 0.25) is 0 Å². The number of piperidine rings is 1. The second-order valence-corrected chi connectivity index (χ2v) is 4.14. The lowest BCUT2D eigenvalue weighted by Gasteiger charge is -2.37. The summed E-state index contributed by atoms with van der Waals surface area (Å²) in [6.07, 6.45) is 2.24.